The lowest BCUT2D eigenvalue weighted by Crippen LogP contribution is -2.23. The quantitative estimate of drug-likeness (QED) is 0.749. The number of thioether (sulfide) groups is 1. The van der Waals surface area contributed by atoms with E-state index in [-0.39, 0.29) is 0 Å². The van der Waals surface area contributed by atoms with Gasteiger partial charge >= 0.3 is 0 Å². The van der Waals surface area contributed by atoms with Gasteiger partial charge in [0, 0.05) is 16.6 Å². The van der Waals surface area contributed by atoms with Crippen LogP contribution in [0.25, 0.3) is 0 Å². The summed E-state index contributed by atoms with van der Waals surface area (Å²) < 4.78 is 0. The minimum Gasteiger partial charge on any atom is -0.382 e. The third kappa shape index (κ3) is 3.78. The lowest BCUT2D eigenvalue weighted by Gasteiger charge is -2.21. The van der Waals surface area contributed by atoms with Crippen molar-refractivity contribution in [2.75, 3.05) is 11.6 Å². The summed E-state index contributed by atoms with van der Waals surface area (Å²) >= 11 is 1.78. The molecule has 2 heteroatoms. The molecule has 84 valence electrons. The Morgan fingerprint density at radius 3 is 2.67 bits per heavy atom. The van der Waals surface area contributed by atoms with E-state index in [0.717, 1.165) is 0 Å². The summed E-state index contributed by atoms with van der Waals surface area (Å²) in [5.41, 5.74) is 1.23. The lowest BCUT2D eigenvalue weighted by molar-refractivity contribution is 0.494. The van der Waals surface area contributed by atoms with Gasteiger partial charge in [-0.15, -0.1) is 11.8 Å². The van der Waals surface area contributed by atoms with E-state index in [0.29, 0.717) is 12.0 Å². The summed E-state index contributed by atoms with van der Waals surface area (Å²) in [6.07, 6.45) is 3.33. The largest absolute Gasteiger partial charge is 0.382 e. The molecule has 0 amide bonds. The first kappa shape index (κ1) is 12.4. The zero-order valence-electron chi connectivity index (χ0n) is 10.1. The van der Waals surface area contributed by atoms with Crippen molar-refractivity contribution < 1.29 is 0 Å². The molecular weight excluding hydrogens is 202 g/mol. The van der Waals surface area contributed by atoms with E-state index >= 15 is 0 Å². The highest BCUT2D eigenvalue weighted by atomic mass is 32.2. The molecule has 0 radical (unpaired) electrons. The number of hydrogen-bond acceptors (Lipinski definition) is 2. The molecule has 1 nitrogen and oxygen atoms in total. The summed E-state index contributed by atoms with van der Waals surface area (Å²) in [5.74, 6) is 0.711. The van der Waals surface area contributed by atoms with Crippen LogP contribution >= 0.6 is 11.8 Å². The van der Waals surface area contributed by atoms with Crippen LogP contribution in [0.15, 0.2) is 29.2 Å². The second-order valence-electron chi connectivity index (χ2n) is 4.05. The van der Waals surface area contributed by atoms with E-state index < -0.39 is 0 Å². The Labute approximate surface area is 97.7 Å². The molecule has 0 saturated carbocycles. The molecule has 1 aromatic carbocycles. The van der Waals surface area contributed by atoms with Crippen molar-refractivity contribution in [2.24, 2.45) is 5.92 Å². The van der Waals surface area contributed by atoms with Gasteiger partial charge in [-0.1, -0.05) is 26.3 Å². The first-order valence-corrected chi connectivity index (χ1v) is 6.80. The summed E-state index contributed by atoms with van der Waals surface area (Å²) in [5, 5.41) is 3.55. The van der Waals surface area contributed by atoms with Gasteiger partial charge in [-0.2, -0.15) is 0 Å². The van der Waals surface area contributed by atoms with Gasteiger partial charge in [0.2, 0.25) is 0 Å². The molecule has 1 aromatic rings. The predicted molar refractivity (Wildman–Crippen MR) is 70.8 cm³/mol. The number of hydrogen-bond donors (Lipinski definition) is 1. The third-order valence-electron chi connectivity index (χ3n) is 2.96. The van der Waals surface area contributed by atoms with Crippen molar-refractivity contribution in [1.29, 1.82) is 0 Å². The van der Waals surface area contributed by atoms with Crippen molar-refractivity contribution in [3.63, 3.8) is 0 Å². The Balaban J connectivity index is 2.63. The van der Waals surface area contributed by atoms with Crippen LogP contribution in [0.2, 0.25) is 0 Å². The van der Waals surface area contributed by atoms with E-state index in [1.54, 1.807) is 11.8 Å². The van der Waals surface area contributed by atoms with E-state index in [1.807, 2.05) is 0 Å². The van der Waals surface area contributed by atoms with Crippen molar-refractivity contribution in [1.82, 2.24) is 0 Å². The van der Waals surface area contributed by atoms with Crippen molar-refractivity contribution >= 4 is 17.4 Å². The number of nitrogens with one attached hydrogen (secondary N) is 1. The number of benzene rings is 1. The highest BCUT2D eigenvalue weighted by Crippen LogP contribution is 2.21. The molecule has 0 heterocycles. The molecule has 1 N–H and O–H groups in total. The molecule has 0 aliphatic heterocycles. The number of rotatable bonds is 5. The fourth-order valence-electron chi connectivity index (χ4n) is 1.47. The zero-order chi connectivity index (χ0) is 11.3. The van der Waals surface area contributed by atoms with Crippen LogP contribution in [0.1, 0.15) is 27.2 Å². The molecule has 0 fully saturated rings. The molecule has 15 heavy (non-hydrogen) atoms. The van der Waals surface area contributed by atoms with Gasteiger partial charge in [0.05, 0.1) is 0 Å². The monoisotopic (exact) mass is 223 g/mol. The first-order chi connectivity index (χ1) is 7.17. The van der Waals surface area contributed by atoms with Gasteiger partial charge in [0.15, 0.2) is 0 Å². The van der Waals surface area contributed by atoms with Gasteiger partial charge in [0.25, 0.3) is 0 Å². The molecule has 2 atom stereocenters. The Morgan fingerprint density at radius 1 is 1.33 bits per heavy atom. The molecular formula is C13H21NS. The summed E-state index contributed by atoms with van der Waals surface area (Å²) in [4.78, 5) is 1.32. The second-order valence-corrected chi connectivity index (χ2v) is 4.93. The smallest absolute Gasteiger partial charge is 0.0353 e. The Morgan fingerprint density at radius 2 is 2.07 bits per heavy atom. The maximum atomic E-state index is 3.55. The summed E-state index contributed by atoms with van der Waals surface area (Å²) in [7, 11) is 0. The topological polar surface area (TPSA) is 12.0 Å². The molecule has 0 saturated heterocycles. The van der Waals surface area contributed by atoms with Crippen LogP contribution in [-0.4, -0.2) is 12.3 Å². The standard InChI is InChI=1S/C13H21NS/c1-5-10(2)11(3)14-12-7-6-8-13(9-12)15-4/h6-11,14H,5H2,1-4H3. The molecule has 1 rings (SSSR count). The van der Waals surface area contributed by atoms with E-state index in [4.69, 9.17) is 0 Å². The maximum Gasteiger partial charge on any atom is 0.0353 e. The average molecular weight is 223 g/mol. The highest BCUT2D eigenvalue weighted by Gasteiger charge is 2.09. The molecule has 0 bridgehead atoms. The Bertz CT molecular complexity index is 298. The van der Waals surface area contributed by atoms with E-state index in [9.17, 15) is 0 Å². The molecule has 2 unspecified atom stereocenters. The second kappa shape index (κ2) is 6.06. The SMILES string of the molecule is CCC(C)C(C)Nc1cccc(SC)c1. The third-order valence-corrected chi connectivity index (χ3v) is 3.69. The van der Waals surface area contributed by atoms with E-state index in [2.05, 4.69) is 56.6 Å². The van der Waals surface area contributed by atoms with Crippen LogP contribution in [0.5, 0.6) is 0 Å². The van der Waals surface area contributed by atoms with Gasteiger partial charge in [0.1, 0.15) is 0 Å². The minimum absolute atomic E-state index is 0.534. The van der Waals surface area contributed by atoms with Gasteiger partial charge in [-0.3, -0.25) is 0 Å². The van der Waals surface area contributed by atoms with Crippen LogP contribution in [0, 0.1) is 5.92 Å². The summed E-state index contributed by atoms with van der Waals surface area (Å²) in [6, 6.07) is 9.13. The van der Waals surface area contributed by atoms with Crippen LogP contribution in [0.3, 0.4) is 0 Å². The Kier molecular flexibility index (Phi) is 5.03. The highest BCUT2D eigenvalue weighted by molar-refractivity contribution is 7.98. The molecule has 0 aromatic heterocycles. The number of anilines is 1. The maximum absolute atomic E-state index is 3.55. The first-order valence-electron chi connectivity index (χ1n) is 5.58. The molecule has 0 spiro atoms. The van der Waals surface area contributed by atoms with Crippen molar-refractivity contribution in [2.45, 2.75) is 38.1 Å². The van der Waals surface area contributed by atoms with Crippen LogP contribution in [0.4, 0.5) is 5.69 Å². The lowest BCUT2D eigenvalue weighted by atomic mass is 10.0. The predicted octanol–water partition coefficient (Wildman–Crippen LogP) is 4.26. The van der Waals surface area contributed by atoms with Crippen molar-refractivity contribution in [3.8, 4) is 0 Å². The van der Waals surface area contributed by atoms with Crippen LogP contribution < -0.4 is 5.32 Å². The van der Waals surface area contributed by atoms with Crippen LogP contribution in [-0.2, 0) is 0 Å². The van der Waals surface area contributed by atoms with Gasteiger partial charge in [-0.25, -0.2) is 0 Å². The zero-order valence-corrected chi connectivity index (χ0v) is 10.9. The Hall–Kier alpha value is -0.630. The normalized spacial score (nSPS) is 14.7. The van der Waals surface area contributed by atoms with E-state index in [1.165, 1.54) is 17.0 Å². The fourth-order valence-corrected chi connectivity index (χ4v) is 1.93. The molecule has 0 aliphatic carbocycles. The minimum atomic E-state index is 0.534. The summed E-state index contributed by atoms with van der Waals surface area (Å²) in [6.45, 7) is 6.77. The van der Waals surface area contributed by atoms with Crippen molar-refractivity contribution in [3.05, 3.63) is 24.3 Å². The molecule has 0 aliphatic rings. The fraction of sp³-hybridized carbons (Fsp3) is 0.538. The average Bonchev–Trinajstić information content (AvgIpc) is 2.28. The van der Waals surface area contributed by atoms with Gasteiger partial charge < -0.3 is 5.32 Å². The van der Waals surface area contributed by atoms with Gasteiger partial charge in [-0.05, 0) is 37.3 Å².